The number of aromatic nitrogens is 3. The van der Waals surface area contributed by atoms with E-state index in [2.05, 4.69) is 36.1 Å². The fraction of sp³-hybridized carbons (Fsp3) is 0.278. The smallest absolute Gasteiger partial charge is 0.337 e. The van der Waals surface area contributed by atoms with Gasteiger partial charge in [-0.1, -0.05) is 25.1 Å². The monoisotopic (exact) mass is 309 g/mol. The molecule has 0 saturated carbocycles. The van der Waals surface area contributed by atoms with Crippen molar-refractivity contribution in [3.05, 3.63) is 58.4 Å². The predicted molar refractivity (Wildman–Crippen MR) is 88.9 cm³/mol. The van der Waals surface area contributed by atoms with E-state index in [4.69, 9.17) is 0 Å². The Balaban J connectivity index is 2.16. The number of hydrogen-bond acceptors (Lipinski definition) is 3. The molecular weight excluding hydrogens is 290 g/mol. The van der Waals surface area contributed by atoms with Crippen molar-refractivity contribution in [1.82, 2.24) is 14.8 Å². The number of fused-ring (bicyclic) bond motifs is 1. The summed E-state index contributed by atoms with van der Waals surface area (Å²) in [6, 6.07) is 7.85. The molecule has 0 aliphatic heterocycles. The Hall–Kier alpha value is -2.69. The molecular formula is C18H19N3O2. The van der Waals surface area contributed by atoms with Crippen LogP contribution in [0.25, 0.3) is 11.0 Å². The molecule has 2 heterocycles. The fourth-order valence-electron chi connectivity index (χ4n) is 2.84. The summed E-state index contributed by atoms with van der Waals surface area (Å²) >= 11 is 0. The van der Waals surface area contributed by atoms with Crippen LogP contribution in [0.15, 0.2) is 30.5 Å². The Bertz CT molecular complexity index is 876. The largest absolute Gasteiger partial charge is 0.478 e. The molecule has 1 aromatic carbocycles. The Kier molecular flexibility index (Phi) is 3.86. The van der Waals surface area contributed by atoms with E-state index >= 15 is 0 Å². The first-order chi connectivity index (χ1) is 11.0. The van der Waals surface area contributed by atoms with Gasteiger partial charge in [0.2, 0.25) is 0 Å². The minimum Gasteiger partial charge on any atom is -0.478 e. The van der Waals surface area contributed by atoms with Crippen LogP contribution in [0, 0.1) is 13.8 Å². The summed E-state index contributed by atoms with van der Waals surface area (Å²) in [5.41, 5.74) is 6.24. The first-order valence-corrected chi connectivity index (χ1v) is 7.65. The molecule has 1 N–H and O–H groups in total. The van der Waals surface area contributed by atoms with Crippen LogP contribution in [0.5, 0.6) is 0 Å². The number of carboxylic acids is 1. The summed E-state index contributed by atoms with van der Waals surface area (Å²) in [5, 5.41) is 13.9. The molecule has 23 heavy (non-hydrogen) atoms. The molecule has 0 radical (unpaired) electrons. The molecule has 0 saturated heterocycles. The van der Waals surface area contributed by atoms with Crippen LogP contribution in [-0.2, 0) is 13.0 Å². The van der Waals surface area contributed by atoms with E-state index in [1.165, 1.54) is 22.9 Å². The molecule has 0 bridgehead atoms. The van der Waals surface area contributed by atoms with Crippen LogP contribution >= 0.6 is 0 Å². The van der Waals surface area contributed by atoms with Gasteiger partial charge >= 0.3 is 5.97 Å². The van der Waals surface area contributed by atoms with E-state index in [-0.39, 0.29) is 5.56 Å². The molecule has 0 unspecified atom stereocenters. The molecule has 0 atom stereocenters. The number of benzene rings is 1. The number of pyridine rings is 1. The third-order valence-corrected chi connectivity index (χ3v) is 4.19. The van der Waals surface area contributed by atoms with Crippen molar-refractivity contribution in [2.24, 2.45) is 0 Å². The lowest BCUT2D eigenvalue weighted by atomic mass is 10.0. The van der Waals surface area contributed by atoms with Crippen molar-refractivity contribution in [3.63, 3.8) is 0 Å². The molecule has 0 spiro atoms. The van der Waals surface area contributed by atoms with Crippen LogP contribution < -0.4 is 0 Å². The maximum atomic E-state index is 11.2. The van der Waals surface area contributed by atoms with E-state index < -0.39 is 5.97 Å². The van der Waals surface area contributed by atoms with E-state index in [0.717, 1.165) is 23.1 Å². The number of rotatable bonds is 4. The van der Waals surface area contributed by atoms with Gasteiger partial charge in [0, 0.05) is 6.20 Å². The highest BCUT2D eigenvalue weighted by atomic mass is 16.4. The van der Waals surface area contributed by atoms with Crippen molar-refractivity contribution < 1.29 is 9.90 Å². The number of carboxylic acid groups (broad SMARTS) is 1. The van der Waals surface area contributed by atoms with Crippen molar-refractivity contribution >= 4 is 17.0 Å². The lowest BCUT2D eigenvalue weighted by molar-refractivity contribution is 0.0696. The maximum Gasteiger partial charge on any atom is 0.337 e. The summed E-state index contributed by atoms with van der Waals surface area (Å²) in [6.45, 7) is 6.79. The zero-order valence-corrected chi connectivity index (χ0v) is 13.5. The van der Waals surface area contributed by atoms with Crippen LogP contribution in [-0.4, -0.2) is 25.8 Å². The van der Waals surface area contributed by atoms with Gasteiger partial charge in [0.15, 0.2) is 0 Å². The minimum atomic E-state index is -0.975. The number of aromatic carboxylic acids is 1. The predicted octanol–water partition coefficient (Wildman–Crippen LogP) is 3.36. The number of nitrogens with zero attached hydrogens (tertiary/aromatic N) is 3. The lowest BCUT2D eigenvalue weighted by Crippen LogP contribution is -2.06. The summed E-state index contributed by atoms with van der Waals surface area (Å²) in [5.74, 6) is -0.975. The Morgan fingerprint density at radius 3 is 2.57 bits per heavy atom. The highest BCUT2D eigenvalue weighted by Gasteiger charge is 2.15. The third-order valence-electron chi connectivity index (χ3n) is 4.19. The molecule has 3 aromatic rings. The van der Waals surface area contributed by atoms with Crippen LogP contribution in [0.1, 0.15) is 39.7 Å². The fourth-order valence-corrected chi connectivity index (χ4v) is 2.84. The molecule has 0 aliphatic carbocycles. The van der Waals surface area contributed by atoms with Gasteiger partial charge in [0.05, 0.1) is 23.3 Å². The first kappa shape index (κ1) is 15.2. The zero-order valence-electron chi connectivity index (χ0n) is 13.5. The molecule has 118 valence electrons. The van der Waals surface area contributed by atoms with Crippen molar-refractivity contribution in [3.8, 4) is 0 Å². The van der Waals surface area contributed by atoms with Crippen molar-refractivity contribution in [2.75, 3.05) is 0 Å². The molecule has 3 rings (SSSR count). The first-order valence-electron chi connectivity index (χ1n) is 7.65. The highest BCUT2D eigenvalue weighted by Crippen LogP contribution is 2.22. The SMILES string of the molecule is CCc1nn(Cc2c(C)cccc2C)c2cc(C(=O)O)cnc12. The van der Waals surface area contributed by atoms with E-state index in [0.29, 0.717) is 6.54 Å². The van der Waals surface area contributed by atoms with Crippen LogP contribution in [0.3, 0.4) is 0 Å². The Morgan fingerprint density at radius 2 is 1.96 bits per heavy atom. The summed E-state index contributed by atoms with van der Waals surface area (Å²) in [4.78, 5) is 15.5. The van der Waals surface area contributed by atoms with E-state index in [1.807, 2.05) is 17.7 Å². The van der Waals surface area contributed by atoms with Crippen molar-refractivity contribution in [1.29, 1.82) is 0 Å². The standard InChI is InChI=1S/C18H19N3O2/c1-4-15-17-16(8-13(9-19-17)18(22)23)21(20-15)10-14-11(2)6-5-7-12(14)3/h5-9H,4,10H2,1-3H3,(H,22,23). The number of carbonyl (C=O) groups is 1. The summed E-state index contributed by atoms with van der Waals surface area (Å²) < 4.78 is 1.86. The number of aryl methyl sites for hydroxylation is 3. The van der Waals surface area contributed by atoms with Gasteiger partial charge in [-0.05, 0) is 43.0 Å². The Morgan fingerprint density at radius 1 is 1.26 bits per heavy atom. The minimum absolute atomic E-state index is 0.183. The second-order valence-corrected chi connectivity index (χ2v) is 5.73. The van der Waals surface area contributed by atoms with Gasteiger partial charge < -0.3 is 5.11 Å². The van der Waals surface area contributed by atoms with Gasteiger partial charge in [0.1, 0.15) is 5.52 Å². The quantitative estimate of drug-likeness (QED) is 0.802. The molecule has 0 amide bonds. The summed E-state index contributed by atoms with van der Waals surface area (Å²) in [7, 11) is 0. The van der Waals surface area contributed by atoms with Crippen LogP contribution in [0.2, 0.25) is 0 Å². The highest BCUT2D eigenvalue weighted by molar-refractivity contribution is 5.92. The number of hydrogen-bond donors (Lipinski definition) is 1. The van der Waals surface area contributed by atoms with E-state index in [9.17, 15) is 9.90 Å². The molecule has 0 aliphatic rings. The average molecular weight is 309 g/mol. The van der Waals surface area contributed by atoms with Gasteiger partial charge in [-0.15, -0.1) is 0 Å². The molecule has 5 heteroatoms. The van der Waals surface area contributed by atoms with Gasteiger partial charge in [0.25, 0.3) is 0 Å². The van der Waals surface area contributed by atoms with Gasteiger partial charge in [-0.2, -0.15) is 5.10 Å². The Labute approximate surface area is 134 Å². The zero-order chi connectivity index (χ0) is 16.6. The normalized spacial score (nSPS) is 11.1. The van der Waals surface area contributed by atoms with Crippen LogP contribution in [0.4, 0.5) is 0 Å². The maximum absolute atomic E-state index is 11.2. The molecule has 2 aromatic heterocycles. The van der Waals surface area contributed by atoms with E-state index in [1.54, 1.807) is 6.07 Å². The molecule has 0 fully saturated rings. The third kappa shape index (κ3) is 2.70. The van der Waals surface area contributed by atoms with Gasteiger partial charge in [-0.25, -0.2) is 4.79 Å². The topological polar surface area (TPSA) is 68.0 Å². The lowest BCUT2D eigenvalue weighted by Gasteiger charge is -2.10. The van der Waals surface area contributed by atoms with Crippen molar-refractivity contribution in [2.45, 2.75) is 33.7 Å². The average Bonchev–Trinajstić information content (AvgIpc) is 2.88. The molecule has 5 nitrogen and oxygen atoms in total. The van der Waals surface area contributed by atoms with Gasteiger partial charge in [-0.3, -0.25) is 9.67 Å². The summed E-state index contributed by atoms with van der Waals surface area (Å²) in [6.07, 6.45) is 2.16. The second kappa shape index (κ2) is 5.83. The second-order valence-electron chi connectivity index (χ2n) is 5.73.